The van der Waals surface area contributed by atoms with Crippen LogP contribution < -0.4 is 0 Å². The van der Waals surface area contributed by atoms with Gasteiger partial charge in [0, 0.05) is 27.5 Å². The molecule has 0 aliphatic rings. The van der Waals surface area contributed by atoms with Gasteiger partial charge in [-0.05, 0) is 104 Å². The lowest BCUT2D eigenvalue weighted by molar-refractivity contribution is 0.668. The quantitative estimate of drug-likeness (QED) is 0.153. The molecule has 268 valence electrons. The van der Waals surface area contributed by atoms with Gasteiger partial charge in [-0.25, -0.2) is 0 Å². The van der Waals surface area contributed by atoms with Gasteiger partial charge in [0.25, 0.3) is 0 Å². The lowest BCUT2D eigenvalue weighted by Crippen LogP contribution is -2.03. The molecule has 2 nitrogen and oxygen atoms in total. The first-order valence-electron chi connectivity index (χ1n) is 19.5. The number of furan rings is 2. The summed E-state index contributed by atoms with van der Waals surface area (Å²) in [7, 11) is 0. The van der Waals surface area contributed by atoms with E-state index >= 15 is 0 Å². The van der Waals surface area contributed by atoms with Gasteiger partial charge in [-0.1, -0.05) is 170 Å². The molecule has 11 rings (SSSR count). The van der Waals surface area contributed by atoms with Crippen molar-refractivity contribution in [2.45, 2.75) is 5.92 Å². The van der Waals surface area contributed by atoms with Crippen molar-refractivity contribution in [1.29, 1.82) is 0 Å². The molecule has 0 amide bonds. The van der Waals surface area contributed by atoms with E-state index in [9.17, 15) is 0 Å². The second-order valence-electron chi connectivity index (χ2n) is 14.9. The monoisotopic (exact) mass is 728 g/mol. The molecule has 2 heteroatoms. The summed E-state index contributed by atoms with van der Waals surface area (Å²) in [6.45, 7) is 0. The molecule has 0 fully saturated rings. The second-order valence-corrected chi connectivity index (χ2v) is 14.9. The van der Waals surface area contributed by atoms with Crippen LogP contribution in [0.3, 0.4) is 0 Å². The van der Waals surface area contributed by atoms with E-state index in [4.69, 9.17) is 8.83 Å². The van der Waals surface area contributed by atoms with Crippen LogP contribution in [0.25, 0.3) is 88.4 Å². The maximum atomic E-state index is 6.23. The summed E-state index contributed by atoms with van der Waals surface area (Å²) >= 11 is 0. The average Bonchev–Trinajstić information content (AvgIpc) is 3.85. The summed E-state index contributed by atoms with van der Waals surface area (Å²) < 4.78 is 12.5. The summed E-state index contributed by atoms with van der Waals surface area (Å²) in [6.07, 6.45) is 0. The molecule has 9 aromatic carbocycles. The minimum absolute atomic E-state index is 0.0357. The first-order chi connectivity index (χ1) is 28.2. The highest BCUT2D eigenvalue weighted by atomic mass is 16.3. The van der Waals surface area contributed by atoms with Crippen molar-refractivity contribution in [3.8, 4) is 44.5 Å². The van der Waals surface area contributed by atoms with Gasteiger partial charge < -0.3 is 8.83 Å². The first-order valence-corrected chi connectivity index (χ1v) is 19.5. The number of hydrogen-bond donors (Lipinski definition) is 0. The SMILES string of the molecule is c1ccc(-c2cccc(-c3ccc(C(c4ccc(-c5ccc6c(c5)oc5ccccc56)cc4)c4ccc(-c5ccc6c(c5)oc5ccccc56)cc4)cc3)c2)cc1. The Kier molecular flexibility index (Phi) is 7.93. The van der Waals surface area contributed by atoms with Gasteiger partial charge in [-0.15, -0.1) is 0 Å². The van der Waals surface area contributed by atoms with Crippen LogP contribution in [-0.4, -0.2) is 0 Å². The number of benzene rings is 9. The van der Waals surface area contributed by atoms with Gasteiger partial charge in [-0.3, -0.25) is 0 Å². The van der Waals surface area contributed by atoms with Crippen molar-refractivity contribution < 1.29 is 8.83 Å². The van der Waals surface area contributed by atoms with Crippen LogP contribution in [-0.2, 0) is 0 Å². The highest BCUT2D eigenvalue weighted by Crippen LogP contribution is 2.38. The molecular weight excluding hydrogens is 693 g/mol. The predicted octanol–water partition coefficient (Wildman–Crippen LogP) is 15.3. The lowest BCUT2D eigenvalue weighted by Gasteiger charge is -2.20. The van der Waals surface area contributed by atoms with Crippen LogP contribution in [0, 0.1) is 0 Å². The number of rotatable bonds is 7. The van der Waals surface area contributed by atoms with E-state index in [1.807, 2.05) is 24.3 Å². The normalized spacial score (nSPS) is 11.7. The van der Waals surface area contributed by atoms with Gasteiger partial charge in [-0.2, -0.15) is 0 Å². The van der Waals surface area contributed by atoms with Gasteiger partial charge in [0.2, 0.25) is 0 Å². The van der Waals surface area contributed by atoms with E-state index in [2.05, 4.69) is 188 Å². The molecule has 2 aromatic heterocycles. The van der Waals surface area contributed by atoms with Crippen molar-refractivity contribution in [3.63, 3.8) is 0 Å². The van der Waals surface area contributed by atoms with E-state index in [0.717, 1.165) is 66.1 Å². The van der Waals surface area contributed by atoms with E-state index < -0.39 is 0 Å². The Hall–Kier alpha value is -7.42. The van der Waals surface area contributed by atoms with E-state index in [-0.39, 0.29) is 5.92 Å². The maximum Gasteiger partial charge on any atom is 0.136 e. The fraction of sp³-hybridized carbons (Fsp3) is 0.0182. The lowest BCUT2D eigenvalue weighted by atomic mass is 9.83. The zero-order valence-corrected chi connectivity index (χ0v) is 31.1. The number of para-hydroxylation sites is 2. The van der Waals surface area contributed by atoms with Gasteiger partial charge in [0.15, 0.2) is 0 Å². The summed E-state index contributed by atoms with van der Waals surface area (Å²) in [5.74, 6) is 0.0357. The molecule has 0 unspecified atom stereocenters. The molecule has 0 bridgehead atoms. The standard InChI is InChI=1S/C55H36O2/c1-2-9-36(10-3-1)43-11-8-12-44(33-43)37-17-23-40(24-18-37)55(41-25-19-38(20-26-41)45-29-31-49-47-13-4-6-15-51(47)56-53(49)34-45)42-27-21-39(22-28-42)46-30-32-50-48-14-5-7-16-52(48)57-54(50)35-46/h1-35,55H. The minimum atomic E-state index is 0.0357. The molecule has 0 aliphatic carbocycles. The average molecular weight is 729 g/mol. The third kappa shape index (κ3) is 6.00. The molecule has 11 aromatic rings. The van der Waals surface area contributed by atoms with Crippen LogP contribution in [0.2, 0.25) is 0 Å². The zero-order chi connectivity index (χ0) is 37.7. The van der Waals surface area contributed by atoms with Gasteiger partial charge in [0.1, 0.15) is 22.3 Å². The second kappa shape index (κ2) is 13.7. The van der Waals surface area contributed by atoms with Crippen molar-refractivity contribution in [3.05, 3.63) is 229 Å². The van der Waals surface area contributed by atoms with Crippen molar-refractivity contribution in [2.24, 2.45) is 0 Å². The van der Waals surface area contributed by atoms with E-state index in [0.29, 0.717) is 0 Å². The Bertz CT molecular complexity index is 3050. The highest BCUT2D eigenvalue weighted by Gasteiger charge is 2.19. The predicted molar refractivity (Wildman–Crippen MR) is 237 cm³/mol. The Labute approximate surface area is 330 Å². The number of hydrogen-bond acceptors (Lipinski definition) is 2. The van der Waals surface area contributed by atoms with Crippen LogP contribution in [0.5, 0.6) is 0 Å². The Morgan fingerprint density at radius 2 is 0.561 bits per heavy atom. The summed E-state index contributed by atoms with van der Waals surface area (Å²) in [4.78, 5) is 0. The van der Waals surface area contributed by atoms with E-state index in [1.165, 1.54) is 38.9 Å². The molecule has 0 atom stereocenters. The van der Waals surface area contributed by atoms with Crippen LogP contribution >= 0.6 is 0 Å². The summed E-state index contributed by atoms with van der Waals surface area (Å²) in [5, 5.41) is 4.57. The first kappa shape index (κ1) is 33.0. The van der Waals surface area contributed by atoms with Crippen LogP contribution in [0.4, 0.5) is 0 Å². The molecule has 2 heterocycles. The molecule has 0 N–H and O–H groups in total. The fourth-order valence-electron chi connectivity index (χ4n) is 8.50. The van der Waals surface area contributed by atoms with Crippen molar-refractivity contribution in [2.75, 3.05) is 0 Å². The highest BCUT2D eigenvalue weighted by molar-refractivity contribution is 6.06. The molecule has 0 saturated heterocycles. The molecular formula is C55H36O2. The van der Waals surface area contributed by atoms with Crippen molar-refractivity contribution in [1.82, 2.24) is 0 Å². The smallest absolute Gasteiger partial charge is 0.136 e. The molecule has 0 spiro atoms. The Morgan fingerprint density at radius 3 is 1.02 bits per heavy atom. The molecule has 0 saturated carbocycles. The van der Waals surface area contributed by atoms with Crippen LogP contribution in [0.15, 0.2) is 221 Å². The summed E-state index contributed by atoms with van der Waals surface area (Å²) in [5.41, 5.74) is 16.8. The van der Waals surface area contributed by atoms with Crippen LogP contribution in [0.1, 0.15) is 22.6 Å². The Morgan fingerprint density at radius 1 is 0.228 bits per heavy atom. The largest absolute Gasteiger partial charge is 0.456 e. The van der Waals surface area contributed by atoms with E-state index in [1.54, 1.807) is 0 Å². The Balaban J connectivity index is 0.952. The molecule has 0 radical (unpaired) electrons. The maximum absolute atomic E-state index is 6.23. The fourth-order valence-corrected chi connectivity index (χ4v) is 8.50. The van der Waals surface area contributed by atoms with Gasteiger partial charge >= 0.3 is 0 Å². The number of fused-ring (bicyclic) bond motifs is 6. The zero-order valence-electron chi connectivity index (χ0n) is 31.1. The molecule has 57 heavy (non-hydrogen) atoms. The van der Waals surface area contributed by atoms with Crippen molar-refractivity contribution >= 4 is 43.9 Å². The van der Waals surface area contributed by atoms with Gasteiger partial charge in [0.05, 0.1) is 0 Å². The topological polar surface area (TPSA) is 26.3 Å². The molecule has 0 aliphatic heterocycles. The third-order valence-electron chi connectivity index (χ3n) is 11.5. The summed E-state index contributed by atoms with van der Waals surface area (Å²) in [6, 6.07) is 76.1. The third-order valence-corrected chi connectivity index (χ3v) is 11.5. The minimum Gasteiger partial charge on any atom is -0.456 e.